The lowest BCUT2D eigenvalue weighted by Crippen LogP contribution is -1.99. The minimum Gasteiger partial charge on any atom is -0.327 e. The third kappa shape index (κ3) is 1.37. The van der Waals surface area contributed by atoms with Gasteiger partial charge in [0, 0.05) is 26.2 Å². The Hall–Kier alpha value is 0.140. The van der Waals surface area contributed by atoms with Crippen LogP contribution in [0.15, 0.2) is 10.5 Å². The smallest absolute Gasteiger partial charge is 0.0320 e. The topological polar surface area (TPSA) is 26.0 Å². The Kier molecular flexibility index (Phi) is 1.82. The molecular formula is C8H10BrNS. The highest BCUT2D eigenvalue weighted by Crippen LogP contribution is 2.46. The van der Waals surface area contributed by atoms with Gasteiger partial charge in [-0.15, -0.1) is 11.3 Å². The summed E-state index contributed by atoms with van der Waals surface area (Å²) in [6.45, 7) is 2.13. The Balaban J connectivity index is 2.30. The van der Waals surface area contributed by atoms with Crippen LogP contribution in [0.3, 0.4) is 0 Å². The second-order valence-corrected chi connectivity index (χ2v) is 5.22. The largest absolute Gasteiger partial charge is 0.327 e. The summed E-state index contributed by atoms with van der Waals surface area (Å²) >= 11 is 5.40. The van der Waals surface area contributed by atoms with Gasteiger partial charge in [0.1, 0.15) is 0 Å². The van der Waals surface area contributed by atoms with E-state index in [2.05, 4.69) is 28.9 Å². The minimum absolute atomic E-state index is 0.421. The lowest BCUT2D eigenvalue weighted by Gasteiger charge is -1.91. The van der Waals surface area contributed by atoms with Crippen molar-refractivity contribution in [3.63, 3.8) is 0 Å². The van der Waals surface area contributed by atoms with Crippen molar-refractivity contribution in [1.29, 1.82) is 0 Å². The summed E-state index contributed by atoms with van der Waals surface area (Å²) in [6, 6.07) is 2.59. The van der Waals surface area contributed by atoms with Crippen molar-refractivity contribution in [2.45, 2.75) is 25.3 Å². The van der Waals surface area contributed by atoms with Gasteiger partial charge in [-0.25, -0.2) is 0 Å². The van der Waals surface area contributed by atoms with Crippen molar-refractivity contribution in [1.82, 2.24) is 0 Å². The second kappa shape index (κ2) is 2.57. The summed E-state index contributed by atoms with van der Waals surface area (Å²) in [5.74, 6) is 0.642. The molecule has 1 aromatic heterocycles. The van der Waals surface area contributed by atoms with Crippen molar-refractivity contribution in [2.75, 3.05) is 0 Å². The normalized spacial score (nSPS) is 29.0. The maximum atomic E-state index is 5.76. The van der Waals surface area contributed by atoms with Crippen LogP contribution in [0.4, 0.5) is 0 Å². The summed E-state index contributed by atoms with van der Waals surface area (Å²) in [7, 11) is 0. The Morgan fingerprint density at radius 1 is 1.73 bits per heavy atom. The Morgan fingerprint density at radius 3 is 2.73 bits per heavy atom. The van der Waals surface area contributed by atoms with Crippen molar-refractivity contribution < 1.29 is 0 Å². The molecule has 2 atom stereocenters. The molecule has 0 aliphatic heterocycles. The Labute approximate surface area is 78.7 Å². The molecule has 2 unspecified atom stereocenters. The van der Waals surface area contributed by atoms with Gasteiger partial charge in [0.25, 0.3) is 0 Å². The molecular weight excluding hydrogens is 222 g/mol. The second-order valence-electron chi connectivity index (χ2n) is 3.08. The zero-order chi connectivity index (χ0) is 8.01. The Morgan fingerprint density at radius 2 is 2.36 bits per heavy atom. The van der Waals surface area contributed by atoms with Gasteiger partial charge in [0.2, 0.25) is 0 Å². The number of aryl methyl sites for hydroxylation is 1. The number of hydrogen-bond acceptors (Lipinski definition) is 2. The number of nitrogens with two attached hydrogens (primary N) is 1. The summed E-state index contributed by atoms with van der Waals surface area (Å²) in [5.41, 5.74) is 5.76. The van der Waals surface area contributed by atoms with Crippen LogP contribution in [0.5, 0.6) is 0 Å². The summed E-state index contributed by atoms with van der Waals surface area (Å²) in [4.78, 5) is 2.81. The van der Waals surface area contributed by atoms with Gasteiger partial charge in [-0.05, 0) is 35.3 Å². The van der Waals surface area contributed by atoms with Crippen molar-refractivity contribution in [3.05, 3.63) is 20.3 Å². The average molecular weight is 232 g/mol. The molecule has 0 aromatic carbocycles. The highest BCUT2D eigenvalue weighted by molar-refractivity contribution is 9.10. The predicted octanol–water partition coefficient (Wildman–Crippen LogP) is 2.63. The molecule has 1 aromatic rings. The first kappa shape index (κ1) is 7.77. The van der Waals surface area contributed by atoms with Crippen molar-refractivity contribution >= 4 is 27.3 Å². The average Bonchev–Trinajstić information content (AvgIpc) is 2.52. The van der Waals surface area contributed by atoms with Gasteiger partial charge in [-0.2, -0.15) is 0 Å². The molecule has 2 rings (SSSR count). The SMILES string of the molecule is Cc1cc(Br)c(C2CC2N)s1. The van der Waals surface area contributed by atoms with Crippen LogP contribution in [0.25, 0.3) is 0 Å². The molecule has 2 N–H and O–H groups in total. The first-order valence-electron chi connectivity index (χ1n) is 3.70. The first-order valence-corrected chi connectivity index (χ1v) is 5.31. The van der Waals surface area contributed by atoms with Crippen molar-refractivity contribution in [2.24, 2.45) is 5.73 Å². The van der Waals surface area contributed by atoms with Gasteiger partial charge in [0.05, 0.1) is 0 Å². The van der Waals surface area contributed by atoms with Crippen molar-refractivity contribution in [3.8, 4) is 0 Å². The van der Waals surface area contributed by atoms with E-state index in [1.165, 1.54) is 20.6 Å². The standard InChI is InChI=1S/C8H10BrNS/c1-4-2-6(9)8(11-4)5-3-7(5)10/h2,5,7H,3,10H2,1H3. The van der Waals surface area contributed by atoms with Gasteiger partial charge in [-0.3, -0.25) is 0 Å². The van der Waals surface area contributed by atoms with Gasteiger partial charge < -0.3 is 5.73 Å². The molecule has 1 nitrogen and oxygen atoms in total. The molecule has 0 bridgehead atoms. The number of rotatable bonds is 1. The van der Waals surface area contributed by atoms with Crippen LogP contribution in [0.1, 0.15) is 22.1 Å². The summed E-state index contributed by atoms with van der Waals surface area (Å²) in [5, 5.41) is 0. The number of thiophene rings is 1. The fourth-order valence-corrected chi connectivity index (χ4v) is 3.40. The fourth-order valence-electron chi connectivity index (χ4n) is 1.27. The molecule has 1 heterocycles. The molecule has 0 amide bonds. The van der Waals surface area contributed by atoms with Gasteiger partial charge in [-0.1, -0.05) is 0 Å². The van der Waals surface area contributed by atoms with Gasteiger partial charge in [0.15, 0.2) is 0 Å². The van der Waals surface area contributed by atoms with E-state index in [9.17, 15) is 0 Å². The zero-order valence-corrected chi connectivity index (χ0v) is 8.71. The van der Waals surface area contributed by atoms with Crippen LogP contribution in [-0.2, 0) is 0 Å². The molecule has 1 aliphatic carbocycles. The fraction of sp³-hybridized carbons (Fsp3) is 0.500. The van der Waals surface area contributed by atoms with Crippen LogP contribution < -0.4 is 5.73 Å². The van der Waals surface area contributed by atoms with Crippen LogP contribution in [0.2, 0.25) is 0 Å². The van der Waals surface area contributed by atoms with Crippen LogP contribution in [-0.4, -0.2) is 6.04 Å². The van der Waals surface area contributed by atoms with E-state index in [0.717, 1.165) is 0 Å². The van der Waals surface area contributed by atoms with E-state index in [4.69, 9.17) is 5.73 Å². The molecule has 3 heteroatoms. The third-order valence-corrected chi connectivity index (χ3v) is 4.11. The number of hydrogen-bond donors (Lipinski definition) is 1. The Bertz CT molecular complexity index is 282. The van der Waals surface area contributed by atoms with E-state index in [-0.39, 0.29) is 0 Å². The minimum atomic E-state index is 0.421. The molecule has 0 radical (unpaired) electrons. The van der Waals surface area contributed by atoms with Gasteiger partial charge >= 0.3 is 0 Å². The maximum Gasteiger partial charge on any atom is 0.0320 e. The van der Waals surface area contributed by atoms with Crippen LogP contribution >= 0.6 is 27.3 Å². The van der Waals surface area contributed by atoms with E-state index in [1.54, 1.807) is 0 Å². The summed E-state index contributed by atoms with van der Waals surface area (Å²) < 4.78 is 1.25. The highest BCUT2D eigenvalue weighted by atomic mass is 79.9. The summed E-state index contributed by atoms with van der Waals surface area (Å²) in [6.07, 6.45) is 1.17. The number of halogens is 1. The molecule has 0 spiro atoms. The van der Waals surface area contributed by atoms with E-state index in [1.807, 2.05) is 11.3 Å². The third-order valence-electron chi connectivity index (χ3n) is 2.01. The quantitative estimate of drug-likeness (QED) is 0.791. The van der Waals surface area contributed by atoms with E-state index >= 15 is 0 Å². The predicted molar refractivity (Wildman–Crippen MR) is 52.1 cm³/mol. The molecule has 1 aliphatic rings. The van der Waals surface area contributed by atoms with Crippen LogP contribution in [0, 0.1) is 6.92 Å². The maximum absolute atomic E-state index is 5.76. The van der Waals surface area contributed by atoms with E-state index in [0.29, 0.717) is 12.0 Å². The first-order chi connectivity index (χ1) is 5.18. The zero-order valence-electron chi connectivity index (χ0n) is 6.30. The lowest BCUT2D eigenvalue weighted by molar-refractivity contribution is 1.00. The van der Waals surface area contributed by atoms with E-state index < -0.39 is 0 Å². The molecule has 1 fully saturated rings. The molecule has 60 valence electrons. The molecule has 0 saturated heterocycles. The lowest BCUT2D eigenvalue weighted by atomic mass is 10.3. The monoisotopic (exact) mass is 231 g/mol. The highest BCUT2D eigenvalue weighted by Gasteiger charge is 2.37. The molecule has 11 heavy (non-hydrogen) atoms. The molecule has 1 saturated carbocycles.